The van der Waals surface area contributed by atoms with Crippen LogP contribution < -0.4 is 9.64 Å². The van der Waals surface area contributed by atoms with Gasteiger partial charge >= 0.3 is 0 Å². The van der Waals surface area contributed by atoms with Crippen molar-refractivity contribution in [1.29, 1.82) is 0 Å². The number of likely N-dealkylation sites (tertiary alicyclic amines) is 1. The van der Waals surface area contributed by atoms with Gasteiger partial charge < -0.3 is 9.64 Å². The minimum atomic E-state index is -0.768. The van der Waals surface area contributed by atoms with Gasteiger partial charge in [-0.25, -0.2) is 0 Å². The molecule has 6 heteroatoms. The maximum Gasteiger partial charge on any atom is 0.236 e. The van der Waals surface area contributed by atoms with Crippen molar-refractivity contribution in [2.45, 2.75) is 19.0 Å². The standard InChI is InChI=1S/C26H24N2O4/c1-4-13-27-25(30)21-20-14-15(2)18-7-5-6-8-19(18)28(20)23(22(21)26(27)31)24(29)16-9-11-17(32-3)12-10-16/h4-12,14,20-23H,1,13H2,2-3H3/t20-,21+,22-,23+/m0/s1. The number of hydrogen-bond acceptors (Lipinski definition) is 5. The summed E-state index contributed by atoms with van der Waals surface area (Å²) < 4.78 is 5.22. The van der Waals surface area contributed by atoms with Crippen LogP contribution in [0.3, 0.4) is 0 Å². The summed E-state index contributed by atoms with van der Waals surface area (Å²) in [6, 6.07) is 13.6. The number of rotatable bonds is 5. The van der Waals surface area contributed by atoms with Crippen molar-refractivity contribution in [3.63, 3.8) is 0 Å². The van der Waals surface area contributed by atoms with E-state index < -0.39 is 17.9 Å². The van der Waals surface area contributed by atoms with E-state index in [1.807, 2.05) is 42.2 Å². The molecule has 3 aliphatic heterocycles. The molecule has 0 unspecified atom stereocenters. The van der Waals surface area contributed by atoms with Crippen LogP contribution in [0.5, 0.6) is 5.75 Å². The highest BCUT2D eigenvalue weighted by atomic mass is 16.5. The molecule has 6 nitrogen and oxygen atoms in total. The second-order valence-corrected chi connectivity index (χ2v) is 8.43. The van der Waals surface area contributed by atoms with E-state index in [9.17, 15) is 14.4 Å². The number of allylic oxidation sites excluding steroid dienone is 1. The van der Waals surface area contributed by atoms with Gasteiger partial charge in [-0.05, 0) is 42.8 Å². The van der Waals surface area contributed by atoms with Crippen LogP contribution in [-0.2, 0) is 9.59 Å². The van der Waals surface area contributed by atoms with Gasteiger partial charge in [-0.1, -0.05) is 30.4 Å². The molecule has 162 valence electrons. The maximum atomic E-state index is 13.8. The molecule has 0 radical (unpaired) electrons. The zero-order chi connectivity index (χ0) is 22.6. The number of hydrogen-bond donors (Lipinski definition) is 0. The number of amides is 2. The number of nitrogens with zero attached hydrogens (tertiary/aromatic N) is 2. The Bertz CT molecular complexity index is 1170. The Labute approximate surface area is 186 Å². The predicted octanol–water partition coefficient (Wildman–Crippen LogP) is 3.34. The third-order valence-corrected chi connectivity index (χ3v) is 6.80. The number of ketones is 1. The van der Waals surface area contributed by atoms with Crippen LogP contribution >= 0.6 is 0 Å². The number of anilines is 1. The number of ether oxygens (including phenoxy) is 1. The zero-order valence-corrected chi connectivity index (χ0v) is 18.0. The Morgan fingerprint density at radius 3 is 2.44 bits per heavy atom. The molecule has 2 aromatic carbocycles. The number of imide groups is 1. The van der Waals surface area contributed by atoms with E-state index >= 15 is 0 Å². The van der Waals surface area contributed by atoms with Crippen LogP contribution in [0, 0.1) is 11.8 Å². The van der Waals surface area contributed by atoms with Gasteiger partial charge in [0.05, 0.1) is 25.0 Å². The van der Waals surface area contributed by atoms with Crippen molar-refractivity contribution in [3.8, 4) is 5.75 Å². The normalized spacial score (nSPS) is 25.8. The molecule has 2 saturated heterocycles. The molecule has 0 aliphatic carbocycles. The minimum absolute atomic E-state index is 0.153. The summed E-state index contributed by atoms with van der Waals surface area (Å²) in [5.74, 6) is -1.40. The SMILES string of the molecule is C=CCN1C(=O)[C@H]2[C@H](C1=O)[C@H](C(=O)c1ccc(OC)cc1)N1c3ccccc3C(C)=C[C@@H]21. The largest absolute Gasteiger partial charge is 0.497 e. The van der Waals surface area contributed by atoms with Crippen LogP contribution in [-0.4, -0.2) is 48.2 Å². The number of methoxy groups -OCH3 is 1. The summed E-state index contributed by atoms with van der Waals surface area (Å²) in [6.07, 6.45) is 3.58. The molecule has 0 saturated carbocycles. The van der Waals surface area contributed by atoms with Crippen LogP contribution in [0.2, 0.25) is 0 Å². The number of Topliss-reactive ketones (excluding diaryl/α,β-unsaturated/α-hetero) is 1. The Kier molecular flexibility index (Phi) is 4.73. The van der Waals surface area contributed by atoms with Crippen LogP contribution in [0.25, 0.3) is 5.57 Å². The van der Waals surface area contributed by atoms with E-state index in [-0.39, 0.29) is 30.2 Å². The topological polar surface area (TPSA) is 66.9 Å². The van der Waals surface area contributed by atoms with E-state index in [1.54, 1.807) is 37.5 Å². The van der Waals surface area contributed by atoms with Crippen LogP contribution in [0.4, 0.5) is 5.69 Å². The van der Waals surface area contributed by atoms with Crippen molar-refractivity contribution in [2.24, 2.45) is 11.8 Å². The molecular weight excluding hydrogens is 404 g/mol. The molecule has 3 aliphatic rings. The lowest BCUT2D eigenvalue weighted by molar-refractivity contribution is -0.139. The first-order chi connectivity index (χ1) is 15.5. The lowest BCUT2D eigenvalue weighted by atomic mass is 9.85. The van der Waals surface area contributed by atoms with Crippen molar-refractivity contribution >= 4 is 28.9 Å². The summed E-state index contributed by atoms with van der Waals surface area (Å²) in [4.78, 5) is 43.8. The van der Waals surface area contributed by atoms with Gasteiger partial charge in [0, 0.05) is 23.4 Å². The van der Waals surface area contributed by atoms with Gasteiger partial charge in [-0.2, -0.15) is 0 Å². The van der Waals surface area contributed by atoms with Crippen molar-refractivity contribution in [1.82, 2.24) is 4.90 Å². The Morgan fingerprint density at radius 2 is 1.75 bits per heavy atom. The number of para-hydroxylation sites is 1. The molecular formula is C26H24N2O4. The Morgan fingerprint density at radius 1 is 1.06 bits per heavy atom. The molecule has 2 fully saturated rings. The van der Waals surface area contributed by atoms with Crippen molar-refractivity contribution < 1.29 is 19.1 Å². The average Bonchev–Trinajstić information content (AvgIpc) is 3.27. The maximum absolute atomic E-state index is 13.8. The molecule has 0 aromatic heterocycles. The third kappa shape index (κ3) is 2.75. The summed E-state index contributed by atoms with van der Waals surface area (Å²) in [6.45, 7) is 5.84. The lowest BCUT2D eigenvalue weighted by Crippen LogP contribution is -2.49. The highest BCUT2D eigenvalue weighted by Gasteiger charge is 2.64. The molecule has 0 spiro atoms. The number of carbonyl (C=O) groups is 3. The quantitative estimate of drug-likeness (QED) is 0.415. The molecule has 2 amide bonds. The first kappa shape index (κ1) is 20.2. The third-order valence-electron chi connectivity index (χ3n) is 6.80. The van der Waals surface area contributed by atoms with Gasteiger partial charge in [0.25, 0.3) is 0 Å². The number of carbonyl (C=O) groups excluding carboxylic acids is 3. The van der Waals surface area contributed by atoms with Gasteiger partial charge in [-0.3, -0.25) is 19.3 Å². The predicted molar refractivity (Wildman–Crippen MR) is 121 cm³/mol. The monoisotopic (exact) mass is 428 g/mol. The molecule has 3 heterocycles. The number of fused-ring (bicyclic) bond motifs is 5. The van der Waals surface area contributed by atoms with E-state index in [1.165, 1.54) is 4.90 Å². The fourth-order valence-electron chi connectivity index (χ4n) is 5.39. The number of benzene rings is 2. The van der Waals surface area contributed by atoms with E-state index in [2.05, 4.69) is 6.58 Å². The summed E-state index contributed by atoms with van der Waals surface area (Å²) in [5.41, 5.74) is 3.43. The Hall–Kier alpha value is -3.67. The van der Waals surface area contributed by atoms with Gasteiger partial charge in [-0.15, -0.1) is 6.58 Å². The second kappa shape index (κ2) is 7.48. The van der Waals surface area contributed by atoms with Gasteiger partial charge in [0.2, 0.25) is 11.8 Å². The van der Waals surface area contributed by atoms with Crippen LogP contribution in [0.1, 0.15) is 22.8 Å². The summed E-state index contributed by atoms with van der Waals surface area (Å²) in [7, 11) is 1.57. The first-order valence-corrected chi connectivity index (χ1v) is 10.7. The second-order valence-electron chi connectivity index (χ2n) is 8.43. The fourth-order valence-corrected chi connectivity index (χ4v) is 5.39. The average molecular weight is 428 g/mol. The van der Waals surface area contributed by atoms with E-state index in [4.69, 9.17) is 4.74 Å². The molecule has 4 atom stereocenters. The van der Waals surface area contributed by atoms with E-state index in [0.29, 0.717) is 11.3 Å². The molecule has 5 rings (SSSR count). The minimum Gasteiger partial charge on any atom is -0.497 e. The van der Waals surface area contributed by atoms with Crippen LogP contribution in [0.15, 0.2) is 67.3 Å². The van der Waals surface area contributed by atoms with Crippen molar-refractivity contribution in [2.75, 3.05) is 18.6 Å². The van der Waals surface area contributed by atoms with Crippen molar-refractivity contribution in [3.05, 3.63) is 78.4 Å². The lowest BCUT2D eigenvalue weighted by Gasteiger charge is -2.38. The Balaban J connectivity index is 1.66. The summed E-state index contributed by atoms with van der Waals surface area (Å²) >= 11 is 0. The smallest absolute Gasteiger partial charge is 0.236 e. The fraction of sp³-hybridized carbons (Fsp3) is 0.269. The van der Waals surface area contributed by atoms with Gasteiger partial charge in [0.15, 0.2) is 5.78 Å². The highest BCUT2D eigenvalue weighted by Crippen LogP contribution is 2.50. The molecule has 32 heavy (non-hydrogen) atoms. The first-order valence-electron chi connectivity index (χ1n) is 10.7. The molecule has 0 bridgehead atoms. The molecule has 2 aromatic rings. The summed E-state index contributed by atoms with van der Waals surface area (Å²) in [5, 5.41) is 0. The van der Waals surface area contributed by atoms with Gasteiger partial charge in [0.1, 0.15) is 11.8 Å². The van der Waals surface area contributed by atoms with E-state index in [0.717, 1.165) is 16.8 Å². The zero-order valence-electron chi connectivity index (χ0n) is 18.0. The molecule has 0 N–H and O–H groups in total. The highest BCUT2D eigenvalue weighted by molar-refractivity contribution is 6.14.